The van der Waals surface area contributed by atoms with Gasteiger partial charge in [-0.1, -0.05) is 13.3 Å². The van der Waals surface area contributed by atoms with Gasteiger partial charge in [0.1, 0.15) is 17.2 Å². The summed E-state index contributed by atoms with van der Waals surface area (Å²) in [6.07, 6.45) is 2.12. The first-order valence-corrected chi connectivity index (χ1v) is 7.94. The first-order valence-electron chi connectivity index (χ1n) is 7.94. The number of hydrogen-bond donors (Lipinski definition) is 1. The van der Waals surface area contributed by atoms with Gasteiger partial charge in [0.2, 0.25) is 0 Å². The third-order valence-corrected chi connectivity index (χ3v) is 3.53. The Labute approximate surface area is 142 Å². The molecule has 0 atom stereocenters. The Morgan fingerprint density at radius 1 is 1.00 bits per heavy atom. The molecule has 0 aromatic heterocycles. The smallest absolute Gasteiger partial charge is 0.259 e. The van der Waals surface area contributed by atoms with Crippen LogP contribution in [0.2, 0.25) is 0 Å². The molecule has 5 heteroatoms. The number of hydrogen-bond acceptors (Lipinski definition) is 4. The summed E-state index contributed by atoms with van der Waals surface area (Å²) in [6.45, 7) is 2.82. The molecule has 1 amide bonds. The summed E-state index contributed by atoms with van der Waals surface area (Å²) in [4.78, 5) is 12.4. The lowest BCUT2D eigenvalue weighted by atomic mass is 10.1. The Kier molecular flexibility index (Phi) is 6.49. The second kappa shape index (κ2) is 8.82. The van der Waals surface area contributed by atoms with Crippen molar-refractivity contribution in [3.8, 4) is 17.2 Å². The monoisotopic (exact) mass is 329 g/mol. The average Bonchev–Trinajstić information content (AvgIpc) is 2.62. The van der Waals surface area contributed by atoms with Crippen molar-refractivity contribution in [2.24, 2.45) is 0 Å². The molecule has 0 bridgehead atoms. The van der Waals surface area contributed by atoms with E-state index >= 15 is 0 Å². The molecule has 0 heterocycles. The van der Waals surface area contributed by atoms with Crippen molar-refractivity contribution in [1.82, 2.24) is 0 Å². The molecule has 2 rings (SSSR count). The van der Waals surface area contributed by atoms with Gasteiger partial charge in [-0.25, -0.2) is 0 Å². The Morgan fingerprint density at radius 3 is 2.33 bits per heavy atom. The van der Waals surface area contributed by atoms with Crippen LogP contribution in [-0.4, -0.2) is 26.7 Å². The fraction of sp³-hybridized carbons (Fsp3) is 0.316. The quantitative estimate of drug-likeness (QED) is 0.740. The number of carbonyl (C=O) groups is 1. The van der Waals surface area contributed by atoms with E-state index in [-0.39, 0.29) is 5.91 Å². The van der Waals surface area contributed by atoms with Crippen molar-refractivity contribution in [3.05, 3.63) is 48.0 Å². The minimum atomic E-state index is -0.242. The lowest BCUT2D eigenvalue weighted by Crippen LogP contribution is -2.13. The minimum Gasteiger partial charge on any atom is -0.497 e. The van der Waals surface area contributed by atoms with E-state index in [4.69, 9.17) is 14.2 Å². The number of nitrogens with one attached hydrogen (secondary N) is 1. The maximum atomic E-state index is 12.4. The second-order valence-corrected chi connectivity index (χ2v) is 5.25. The molecule has 5 nitrogen and oxygen atoms in total. The number of benzene rings is 2. The number of ether oxygens (including phenoxy) is 3. The van der Waals surface area contributed by atoms with Gasteiger partial charge in [-0.15, -0.1) is 0 Å². The highest BCUT2D eigenvalue weighted by atomic mass is 16.5. The zero-order valence-corrected chi connectivity index (χ0v) is 14.3. The lowest BCUT2D eigenvalue weighted by molar-refractivity contribution is 0.102. The van der Waals surface area contributed by atoms with Crippen LogP contribution >= 0.6 is 0 Å². The minimum absolute atomic E-state index is 0.242. The maximum Gasteiger partial charge on any atom is 0.259 e. The van der Waals surface area contributed by atoms with E-state index in [2.05, 4.69) is 12.2 Å². The summed E-state index contributed by atoms with van der Waals surface area (Å²) in [5, 5.41) is 2.85. The summed E-state index contributed by atoms with van der Waals surface area (Å²) in [7, 11) is 3.09. The van der Waals surface area contributed by atoms with Crippen LogP contribution in [0.4, 0.5) is 5.69 Å². The van der Waals surface area contributed by atoms with Gasteiger partial charge >= 0.3 is 0 Å². The lowest BCUT2D eigenvalue weighted by Gasteiger charge is -2.11. The van der Waals surface area contributed by atoms with Crippen LogP contribution in [0, 0.1) is 0 Å². The number of anilines is 1. The molecule has 2 aromatic carbocycles. The van der Waals surface area contributed by atoms with Crippen molar-refractivity contribution in [2.45, 2.75) is 19.8 Å². The fourth-order valence-corrected chi connectivity index (χ4v) is 2.15. The molecule has 128 valence electrons. The van der Waals surface area contributed by atoms with Crippen molar-refractivity contribution >= 4 is 11.6 Å². The summed E-state index contributed by atoms with van der Waals surface area (Å²) in [6, 6.07) is 12.4. The molecule has 0 aliphatic carbocycles. The van der Waals surface area contributed by atoms with Gasteiger partial charge in [0.25, 0.3) is 5.91 Å². The largest absolute Gasteiger partial charge is 0.497 e. The van der Waals surface area contributed by atoms with E-state index < -0.39 is 0 Å². The molecule has 0 saturated carbocycles. The normalized spacial score (nSPS) is 10.1. The Bertz CT molecular complexity index is 668. The van der Waals surface area contributed by atoms with Crippen LogP contribution in [0.15, 0.2) is 42.5 Å². The third kappa shape index (κ3) is 4.65. The van der Waals surface area contributed by atoms with Crippen LogP contribution in [0.25, 0.3) is 0 Å². The first kappa shape index (κ1) is 17.7. The van der Waals surface area contributed by atoms with Gasteiger partial charge in [-0.2, -0.15) is 0 Å². The molecular weight excluding hydrogens is 306 g/mol. The van der Waals surface area contributed by atoms with Crippen LogP contribution in [0.3, 0.4) is 0 Å². The summed E-state index contributed by atoms with van der Waals surface area (Å²) in [5.74, 6) is 1.65. The van der Waals surface area contributed by atoms with E-state index in [9.17, 15) is 4.79 Å². The third-order valence-electron chi connectivity index (χ3n) is 3.53. The van der Waals surface area contributed by atoms with Gasteiger partial charge in [0, 0.05) is 11.8 Å². The van der Waals surface area contributed by atoms with E-state index in [0.29, 0.717) is 29.4 Å². The highest BCUT2D eigenvalue weighted by molar-refractivity contribution is 6.06. The van der Waals surface area contributed by atoms with Crippen LogP contribution in [0.5, 0.6) is 17.2 Å². The topological polar surface area (TPSA) is 56.8 Å². The zero-order chi connectivity index (χ0) is 17.4. The van der Waals surface area contributed by atoms with E-state index in [0.717, 1.165) is 18.6 Å². The molecule has 0 radical (unpaired) electrons. The highest BCUT2D eigenvalue weighted by Crippen LogP contribution is 2.25. The second-order valence-electron chi connectivity index (χ2n) is 5.25. The van der Waals surface area contributed by atoms with Crippen LogP contribution < -0.4 is 19.5 Å². The number of unbranched alkanes of at least 4 members (excludes halogenated alkanes) is 1. The average molecular weight is 329 g/mol. The molecule has 2 aromatic rings. The maximum absolute atomic E-state index is 12.4. The molecule has 0 saturated heterocycles. The highest BCUT2D eigenvalue weighted by Gasteiger charge is 2.13. The van der Waals surface area contributed by atoms with Crippen molar-refractivity contribution in [3.63, 3.8) is 0 Å². The zero-order valence-electron chi connectivity index (χ0n) is 14.3. The fourth-order valence-electron chi connectivity index (χ4n) is 2.15. The predicted octanol–water partition coefficient (Wildman–Crippen LogP) is 4.14. The van der Waals surface area contributed by atoms with Gasteiger partial charge in [-0.05, 0) is 42.8 Å². The van der Waals surface area contributed by atoms with Crippen LogP contribution in [0.1, 0.15) is 30.1 Å². The molecule has 0 aliphatic rings. The van der Waals surface area contributed by atoms with Gasteiger partial charge in [0.15, 0.2) is 0 Å². The number of methoxy groups -OCH3 is 2. The molecule has 0 unspecified atom stereocenters. The van der Waals surface area contributed by atoms with Crippen LogP contribution in [-0.2, 0) is 0 Å². The standard InChI is InChI=1S/C19H23NO4/c1-4-5-12-24-15-8-6-14(7-9-15)20-19(21)17-11-10-16(22-2)13-18(17)23-3/h6-11,13H,4-5,12H2,1-3H3,(H,20,21). The summed E-state index contributed by atoms with van der Waals surface area (Å²) in [5.41, 5.74) is 1.14. The first-order chi connectivity index (χ1) is 11.7. The van der Waals surface area contributed by atoms with Crippen molar-refractivity contribution in [1.29, 1.82) is 0 Å². The van der Waals surface area contributed by atoms with Crippen molar-refractivity contribution in [2.75, 3.05) is 26.1 Å². The molecule has 0 spiro atoms. The summed E-state index contributed by atoms with van der Waals surface area (Å²) >= 11 is 0. The molecule has 0 fully saturated rings. The number of rotatable bonds is 8. The van der Waals surface area contributed by atoms with Gasteiger partial charge < -0.3 is 19.5 Å². The Morgan fingerprint density at radius 2 is 1.71 bits per heavy atom. The predicted molar refractivity (Wildman–Crippen MR) is 94.3 cm³/mol. The van der Waals surface area contributed by atoms with E-state index in [1.165, 1.54) is 7.11 Å². The van der Waals surface area contributed by atoms with Gasteiger partial charge in [-0.3, -0.25) is 4.79 Å². The number of amides is 1. The molecule has 1 N–H and O–H groups in total. The molecular formula is C19H23NO4. The summed E-state index contributed by atoms with van der Waals surface area (Å²) < 4.78 is 16.0. The van der Waals surface area contributed by atoms with E-state index in [1.54, 1.807) is 25.3 Å². The Balaban J connectivity index is 2.04. The SMILES string of the molecule is CCCCOc1ccc(NC(=O)c2ccc(OC)cc2OC)cc1. The Hall–Kier alpha value is -2.69. The van der Waals surface area contributed by atoms with Crippen molar-refractivity contribution < 1.29 is 19.0 Å². The van der Waals surface area contributed by atoms with Gasteiger partial charge in [0.05, 0.1) is 26.4 Å². The molecule has 24 heavy (non-hydrogen) atoms. The van der Waals surface area contributed by atoms with E-state index in [1.807, 2.05) is 24.3 Å². The molecule has 0 aliphatic heterocycles. The number of carbonyl (C=O) groups excluding carboxylic acids is 1.